The molecule has 25 heavy (non-hydrogen) atoms. The fraction of sp³-hybridized carbons (Fsp3) is 0.722. The van der Waals surface area contributed by atoms with Crippen molar-refractivity contribution in [2.45, 2.75) is 64.5 Å². The molecule has 1 amide bonds. The number of amides is 1. The van der Waals surface area contributed by atoms with Crippen molar-refractivity contribution >= 4 is 17.7 Å². The van der Waals surface area contributed by atoms with Crippen LogP contribution in [-0.2, 0) is 4.74 Å². The van der Waals surface area contributed by atoms with Crippen molar-refractivity contribution in [3.63, 3.8) is 0 Å². The molecule has 1 aliphatic carbocycles. The zero-order chi connectivity index (χ0) is 17.6. The fourth-order valence-corrected chi connectivity index (χ4v) is 3.63. The molecule has 1 aliphatic heterocycles. The first kappa shape index (κ1) is 17.8. The monoisotopic (exact) mass is 347 g/mol. The maximum atomic E-state index is 11.8. The molecule has 3 rings (SSSR count). The van der Waals surface area contributed by atoms with Gasteiger partial charge in [-0.2, -0.15) is 0 Å². The summed E-state index contributed by atoms with van der Waals surface area (Å²) in [7, 11) is 0. The highest BCUT2D eigenvalue weighted by molar-refractivity contribution is 5.67. The van der Waals surface area contributed by atoms with Gasteiger partial charge in [0.2, 0.25) is 0 Å². The van der Waals surface area contributed by atoms with Crippen LogP contribution in [0.4, 0.5) is 16.4 Å². The Labute approximate surface area is 149 Å². The zero-order valence-electron chi connectivity index (χ0n) is 15.3. The molecule has 0 unspecified atom stereocenters. The molecule has 2 aliphatic rings. The van der Waals surface area contributed by atoms with E-state index in [1.54, 1.807) is 4.90 Å². The Hall–Kier alpha value is -2.05. The van der Waals surface area contributed by atoms with Crippen LogP contribution >= 0.6 is 0 Å². The number of carbonyl (C=O) groups is 1. The van der Waals surface area contributed by atoms with E-state index >= 15 is 0 Å². The lowest BCUT2D eigenvalue weighted by molar-refractivity contribution is 0.0983. The van der Waals surface area contributed by atoms with E-state index in [4.69, 9.17) is 4.74 Å². The molecular formula is C18H29N5O2. The van der Waals surface area contributed by atoms with Crippen molar-refractivity contribution in [2.75, 3.05) is 30.3 Å². The standard InChI is InChI=1S/C18H29N5O2/c1-3-25-18(24)23-10-8-15(9-11-23)22-17-12-16(19-13(2)20-17)21-14-6-4-5-7-14/h12,14-15H,3-11H2,1-2H3,(H2,19,20,21,22). The maximum Gasteiger partial charge on any atom is 0.409 e. The number of anilines is 2. The first-order valence-electron chi connectivity index (χ1n) is 9.44. The van der Waals surface area contributed by atoms with Crippen molar-refractivity contribution in [3.8, 4) is 0 Å². The van der Waals surface area contributed by atoms with Gasteiger partial charge in [0.25, 0.3) is 0 Å². The Morgan fingerprint density at radius 2 is 1.68 bits per heavy atom. The molecule has 1 aromatic heterocycles. The summed E-state index contributed by atoms with van der Waals surface area (Å²) in [6, 6.07) is 2.86. The van der Waals surface area contributed by atoms with Crippen LogP contribution < -0.4 is 10.6 Å². The van der Waals surface area contributed by atoms with Crippen LogP contribution in [0.2, 0.25) is 0 Å². The van der Waals surface area contributed by atoms with Crippen LogP contribution in [0, 0.1) is 6.92 Å². The second-order valence-electron chi connectivity index (χ2n) is 6.92. The van der Waals surface area contributed by atoms with Crippen molar-refractivity contribution in [2.24, 2.45) is 0 Å². The summed E-state index contributed by atoms with van der Waals surface area (Å²) in [4.78, 5) is 22.6. The average Bonchev–Trinajstić information content (AvgIpc) is 3.08. The number of carbonyl (C=O) groups excluding carboxylic acids is 1. The molecule has 7 nitrogen and oxygen atoms in total. The molecule has 0 spiro atoms. The summed E-state index contributed by atoms with van der Waals surface area (Å²) in [5.41, 5.74) is 0. The summed E-state index contributed by atoms with van der Waals surface area (Å²) in [5.74, 6) is 2.54. The molecular weight excluding hydrogens is 318 g/mol. The van der Waals surface area contributed by atoms with Gasteiger partial charge in [0.05, 0.1) is 6.61 Å². The van der Waals surface area contributed by atoms with Gasteiger partial charge in [-0.3, -0.25) is 0 Å². The van der Waals surface area contributed by atoms with E-state index in [-0.39, 0.29) is 6.09 Å². The summed E-state index contributed by atoms with van der Waals surface area (Å²) >= 11 is 0. The largest absolute Gasteiger partial charge is 0.450 e. The van der Waals surface area contributed by atoms with Gasteiger partial charge >= 0.3 is 6.09 Å². The van der Waals surface area contributed by atoms with Crippen molar-refractivity contribution in [1.82, 2.24) is 14.9 Å². The molecule has 138 valence electrons. The minimum absolute atomic E-state index is 0.207. The number of nitrogens with one attached hydrogen (secondary N) is 2. The van der Waals surface area contributed by atoms with Crippen LogP contribution in [-0.4, -0.2) is 52.7 Å². The molecule has 2 heterocycles. The number of ether oxygens (including phenoxy) is 1. The number of nitrogens with zero attached hydrogens (tertiary/aromatic N) is 3. The molecule has 1 aromatic rings. The van der Waals surface area contributed by atoms with Crippen LogP contribution in [0.25, 0.3) is 0 Å². The quantitative estimate of drug-likeness (QED) is 0.852. The molecule has 2 N–H and O–H groups in total. The van der Waals surface area contributed by atoms with Crippen molar-refractivity contribution in [1.29, 1.82) is 0 Å². The summed E-state index contributed by atoms with van der Waals surface area (Å²) in [5, 5.41) is 7.04. The lowest BCUT2D eigenvalue weighted by Crippen LogP contribution is -2.42. The van der Waals surface area contributed by atoms with E-state index in [1.165, 1.54) is 25.7 Å². The average molecular weight is 347 g/mol. The Balaban J connectivity index is 1.54. The van der Waals surface area contributed by atoms with E-state index in [1.807, 2.05) is 19.9 Å². The van der Waals surface area contributed by atoms with Gasteiger partial charge in [0.1, 0.15) is 17.5 Å². The first-order valence-corrected chi connectivity index (χ1v) is 9.44. The van der Waals surface area contributed by atoms with Crippen LogP contribution in [0.3, 0.4) is 0 Å². The van der Waals surface area contributed by atoms with Crippen molar-refractivity contribution < 1.29 is 9.53 Å². The minimum atomic E-state index is -0.207. The summed E-state index contributed by atoms with van der Waals surface area (Å²) in [6.45, 7) is 5.62. The molecule has 2 fully saturated rings. The number of hydrogen-bond acceptors (Lipinski definition) is 6. The zero-order valence-corrected chi connectivity index (χ0v) is 15.3. The van der Waals surface area contributed by atoms with Crippen molar-refractivity contribution in [3.05, 3.63) is 11.9 Å². The normalized spacial score (nSPS) is 19.0. The fourth-order valence-electron chi connectivity index (χ4n) is 3.63. The van der Waals surface area contributed by atoms with Crippen LogP contribution in [0.1, 0.15) is 51.3 Å². The number of rotatable bonds is 5. The minimum Gasteiger partial charge on any atom is -0.450 e. The highest BCUT2D eigenvalue weighted by Gasteiger charge is 2.24. The topological polar surface area (TPSA) is 79.4 Å². The van der Waals surface area contributed by atoms with Crippen LogP contribution in [0.5, 0.6) is 0 Å². The Morgan fingerprint density at radius 1 is 1.12 bits per heavy atom. The van der Waals surface area contributed by atoms with E-state index in [2.05, 4.69) is 20.6 Å². The van der Waals surface area contributed by atoms with Gasteiger partial charge in [0.15, 0.2) is 0 Å². The van der Waals surface area contributed by atoms with Gasteiger partial charge < -0.3 is 20.3 Å². The molecule has 1 saturated carbocycles. The lowest BCUT2D eigenvalue weighted by atomic mass is 10.1. The van der Waals surface area contributed by atoms with Gasteiger partial charge in [-0.25, -0.2) is 14.8 Å². The number of aryl methyl sites for hydroxylation is 1. The van der Waals surface area contributed by atoms with E-state index in [9.17, 15) is 4.79 Å². The van der Waals surface area contributed by atoms with Gasteiger partial charge in [0, 0.05) is 31.2 Å². The second-order valence-corrected chi connectivity index (χ2v) is 6.92. The molecule has 0 atom stereocenters. The summed E-state index contributed by atoms with van der Waals surface area (Å²) in [6.07, 6.45) is 6.62. The third-order valence-electron chi connectivity index (χ3n) is 4.92. The third-order valence-corrected chi connectivity index (χ3v) is 4.92. The van der Waals surface area contributed by atoms with Crippen LogP contribution in [0.15, 0.2) is 6.07 Å². The molecule has 0 aromatic carbocycles. The van der Waals surface area contributed by atoms with E-state index in [0.29, 0.717) is 31.8 Å². The highest BCUT2D eigenvalue weighted by atomic mass is 16.6. The third kappa shape index (κ3) is 4.96. The molecule has 1 saturated heterocycles. The predicted molar refractivity (Wildman–Crippen MR) is 97.9 cm³/mol. The number of aromatic nitrogens is 2. The van der Waals surface area contributed by atoms with Gasteiger partial charge in [-0.15, -0.1) is 0 Å². The highest BCUT2D eigenvalue weighted by Crippen LogP contribution is 2.23. The van der Waals surface area contributed by atoms with Gasteiger partial charge in [-0.05, 0) is 39.5 Å². The number of likely N-dealkylation sites (tertiary alicyclic amines) is 1. The molecule has 7 heteroatoms. The molecule has 0 radical (unpaired) electrons. The number of piperidine rings is 1. The SMILES string of the molecule is CCOC(=O)N1CCC(Nc2cc(NC3CCCC3)nc(C)n2)CC1. The van der Waals surface area contributed by atoms with E-state index in [0.717, 1.165) is 30.3 Å². The summed E-state index contributed by atoms with van der Waals surface area (Å²) < 4.78 is 5.07. The Bertz CT molecular complexity index is 581. The Morgan fingerprint density at radius 3 is 2.24 bits per heavy atom. The smallest absolute Gasteiger partial charge is 0.409 e. The Kier molecular flexibility index (Phi) is 5.94. The first-order chi connectivity index (χ1) is 12.1. The second kappa shape index (κ2) is 8.36. The molecule has 0 bridgehead atoms. The maximum absolute atomic E-state index is 11.8. The predicted octanol–water partition coefficient (Wildman–Crippen LogP) is 3.17. The number of hydrogen-bond donors (Lipinski definition) is 2. The van der Waals surface area contributed by atoms with E-state index < -0.39 is 0 Å². The lowest BCUT2D eigenvalue weighted by Gasteiger charge is -2.32. The van der Waals surface area contributed by atoms with Gasteiger partial charge in [-0.1, -0.05) is 12.8 Å².